The third-order valence-electron chi connectivity index (χ3n) is 4.47. The summed E-state index contributed by atoms with van der Waals surface area (Å²) in [6.07, 6.45) is 1.20. The zero-order chi connectivity index (χ0) is 20.1. The van der Waals surface area contributed by atoms with Crippen LogP contribution in [0.4, 0.5) is 0 Å². The molecule has 3 aromatic rings. The molecule has 2 aromatic carbocycles. The first-order valence-electron chi connectivity index (χ1n) is 9.16. The Morgan fingerprint density at radius 1 is 1.07 bits per heavy atom. The molecule has 0 atom stereocenters. The second-order valence-electron chi connectivity index (χ2n) is 6.61. The highest BCUT2D eigenvalue weighted by atomic mass is 127. The van der Waals surface area contributed by atoms with E-state index in [4.69, 9.17) is 4.42 Å². The van der Waals surface area contributed by atoms with Gasteiger partial charge in [0.1, 0.15) is 11.3 Å². The van der Waals surface area contributed by atoms with Gasteiger partial charge in [0.25, 0.3) is 0 Å². The van der Waals surface area contributed by atoms with Crippen LogP contribution in [-0.4, -0.2) is 27.2 Å². The lowest BCUT2D eigenvalue weighted by Gasteiger charge is -2.10. The van der Waals surface area contributed by atoms with Gasteiger partial charge >= 0.3 is 0 Å². The normalized spacial score (nSPS) is 11.9. The van der Waals surface area contributed by atoms with Gasteiger partial charge in [0, 0.05) is 23.8 Å². The number of benzene rings is 2. The molecule has 1 heterocycles. The summed E-state index contributed by atoms with van der Waals surface area (Å²) in [4.78, 5) is 4.89. The summed E-state index contributed by atoms with van der Waals surface area (Å²) in [6.45, 7) is 5.76. The average molecular weight is 527 g/mol. The van der Waals surface area contributed by atoms with Gasteiger partial charge in [-0.1, -0.05) is 30.3 Å². The van der Waals surface area contributed by atoms with Crippen molar-refractivity contribution in [2.24, 2.45) is 4.99 Å². The molecular weight excluding hydrogens is 501 g/mol. The number of nitrogens with zero attached hydrogens (tertiary/aromatic N) is 1. The molecule has 0 aliphatic carbocycles. The largest absolute Gasteiger partial charge is 0.459 e. The Morgan fingerprint density at radius 3 is 2.38 bits per heavy atom. The summed E-state index contributed by atoms with van der Waals surface area (Å²) in [5.74, 6) is 1.55. The molecule has 3 rings (SSSR count). The number of nitrogens with one attached hydrogen (secondary N) is 2. The van der Waals surface area contributed by atoms with Gasteiger partial charge < -0.3 is 15.1 Å². The second-order valence-corrected chi connectivity index (χ2v) is 8.63. The van der Waals surface area contributed by atoms with Crippen molar-refractivity contribution < 1.29 is 12.8 Å². The van der Waals surface area contributed by atoms with Crippen LogP contribution >= 0.6 is 24.0 Å². The summed E-state index contributed by atoms with van der Waals surface area (Å²) >= 11 is 0. The first-order valence-corrected chi connectivity index (χ1v) is 11.1. The molecule has 0 amide bonds. The summed E-state index contributed by atoms with van der Waals surface area (Å²) in [7, 11) is -3.18. The Kier molecular flexibility index (Phi) is 8.09. The number of aliphatic imine (C=N–C) groups is 1. The number of aryl methyl sites for hydroxylation is 1. The van der Waals surface area contributed by atoms with Crippen molar-refractivity contribution in [3.63, 3.8) is 0 Å². The molecule has 156 valence electrons. The van der Waals surface area contributed by atoms with E-state index in [1.54, 1.807) is 24.3 Å². The molecule has 0 fully saturated rings. The number of para-hydroxylation sites is 1. The Balaban J connectivity index is 0.00000300. The molecule has 0 saturated heterocycles. The lowest BCUT2D eigenvalue weighted by Crippen LogP contribution is -2.36. The summed E-state index contributed by atoms with van der Waals surface area (Å²) < 4.78 is 29.0. The van der Waals surface area contributed by atoms with Gasteiger partial charge in [-0.2, -0.15) is 0 Å². The maximum absolute atomic E-state index is 11.6. The minimum Gasteiger partial charge on any atom is -0.459 e. The summed E-state index contributed by atoms with van der Waals surface area (Å²) in [6, 6.07) is 14.8. The number of rotatable bonds is 6. The number of hydrogen-bond acceptors (Lipinski definition) is 4. The van der Waals surface area contributed by atoms with E-state index in [1.165, 1.54) is 6.26 Å². The average Bonchev–Trinajstić information content (AvgIpc) is 3.00. The number of hydrogen-bond donors (Lipinski definition) is 2. The van der Waals surface area contributed by atoms with Crippen molar-refractivity contribution in [2.75, 3.05) is 12.8 Å². The molecule has 6 nitrogen and oxygen atoms in total. The number of furan rings is 1. The van der Waals surface area contributed by atoms with Crippen LogP contribution in [0.5, 0.6) is 0 Å². The molecule has 0 radical (unpaired) electrons. The van der Waals surface area contributed by atoms with Gasteiger partial charge in [-0.05, 0) is 37.6 Å². The molecule has 0 bridgehead atoms. The number of fused-ring (bicyclic) bond motifs is 1. The predicted molar refractivity (Wildman–Crippen MR) is 128 cm³/mol. The highest BCUT2D eigenvalue weighted by Crippen LogP contribution is 2.24. The third kappa shape index (κ3) is 5.96. The van der Waals surface area contributed by atoms with E-state index in [0.717, 1.165) is 34.4 Å². The van der Waals surface area contributed by atoms with Crippen LogP contribution in [0.25, 0.3) is 11.0 Å². The van der Waals surface area contributed by atoms with Gasteiger partial charge in [-0.25, -0.2) is 13.4 Å². The molecule has 8 heteroatoms. The third-order valence-corrected chi connectivity index (χ3v) is 5.60. The van der Waals surface area contributed by atoms with E-state index in [0.29, 0.717) is 23.9 Å². The van der Waals surface area contributed by atoms with E-state index in [9.17, 15) is 8.42 Å². The Morgan fingerprint density at radius 2 is 1.76 bits per heavy atom. The van der Waals surface area contributed by atoms with E-state index >= 15 is 0 Å². The molecule has 29 heavy (non-hydrogen) atoms. The monoisotopic (exact) mass is 527 g/mol. The van der Waals surface area contributed by atoms with Gasteiger partial charge in [0.05, 0.1) is 18.0 Å². The molecule has 1 aromatic heterocycles. The molecule has 0 saturated carbocycles. The van der Waals surface area contributed by atoms with Gasteiger partial charge in [-0.15, -0.1) is 24.0 Å². The Hall–Kier alpha value is -2.07. The van der Waals surface area contributed by atoms with Gasteiger partial charge in [-0.3, -0.25) is 0 Å². The molecule has 0 aliphatic heterocycles. The van der Waals surface area contributed by atoms with Crippen LogP contribution in [-0.2, 0) is 22.9 Å². The smallest absolute Gasteiger partial charge is 0.191 e. The van der Waals surface area contributed by atoms with Crippen LogP contribution in [0.15, 0.2) is 62.8 Å². The van der Waals surface area contributed by atoms with Crippen LogP contribution in [0.3, 0.4) is 0 Å². The number of halogens is 1. The molecule has 2 N–H and O–H groups in total. The van der Waals surface area contributed by atoms with Gasteiger partial charge in [0.15, 0.2) is 15.8 Å². The van der Waals surface area contributed by atoms with Crippen molar-refractivity contribution in [3.8, 4) is 0 Å². The van der Waals surface area contributed by atoms with Gasteiger partial charge in [0.2, 0.25) is 0 Å². The molecule has 0 spiro atoms. The minimum atomic E-state index is -3.18. The standard InChI is InChI=1S/C21H25N3O3S.HI/c1-4-22-21(23-13-16-9-11-17(12-10-16)28(3,25)26)24-14-20-15(2)18-7-5-6-8-19(18)27-20;/h5-12H,4,13-14H2,1-3H3,(H2,22,23,24);1H. The van der Waals surface area contributed by atoms with E-state index in [-0.39, 0.29) is 24.0 Å². The maximum Gasteiger partial charge on any atom is 0.191 e. The fraction of sp³-hybridized carbons (Fsp3) is 0.286. The van der Waals surface area contributed by atoms with E-state index in [1.807, 2.05) is 25.1 Å². The SMILES string of the molecule is CCNC(=NCc1ccc(S(C)(=O)=O)cc1)NCc1oc2ccccc2c1C.I. The molecule has 0 aliphatic rings. The van der Waals surface area contributed by atoms with E-state index < -0.39 is 9.84 Å². The second kappa shape index (κ2) is 10.1. The predicted octanol–water partition coefficient (Wildman–Crippen LogP) is 4.02. The molecular formula is C21H26IN3O3S. The maximum atomic E-state index is 11.6. The minimum absolute atomic E-state index is 0. The zero-order valence-electron chi connectivity index (χ0n) is 16.7. The van der Waals surface area contributed by atoms with Crippen molar-refractivity contribution in [3.05, 3.63) is 65.4 Å². The zero-order valence-corrected chi connectivity index (χ0v) is 19.9. The number of sulfone groups is 1. The highest BCUT2D eigenvalue weighted by Gasteiger charge is 2.10. The lowest BCUT2D eigenvalue weighted by molar-refractivity contribution is 0.534. The van der Waals surface area contributed by atoms with Crippen molar-refractivity contribution in [1.29, 1.82) is 0 Å². The van der Waals surface area contributed by atoms with Crippen molar-refractivity contribution in [2.45, 2.75) is 31.8 Å². The van der Waals surface area contributed by atoms with Crippen LogP contribution in [0.2, 0.25) is 0 Å². The number of guanidine groups is 1. The first-order chi connectivity index (χ1) is 13.4. The van der Waals surface area contributed by atoms with E-state index in [2.05, 4.69) is 28.6 Å². The Labute approximate surface area is 188 Å². The lowest BCUT2D eigenvalue weighted by atomic mass is 10.1. The van der Waals surface area contributed by atoms with Crippen molar-refractivity contribution in [1.82, 2.24) is 10.6 Å². The van der Waals surface area contributed by atoms with Crippen LogP contribution in [0.1, 0.15) is 23.8 Å². The fourth-order valence-corrected chi connectivity index (χ4v) is 3.54. The van der Waals surface area contributed by atoms with Crippen LogP contribution in [0, 0.1) is 6.92 Å². The highest BCUT2D eigenvalue weighted by molar-refractivity contribution is 14.0. The fourth-order valence-electron chi connectivity index (χ4n) is 2.91. The Bertz CT molecular complexity index is 1090. The first kappa shape index (κ1) is 23.2. The quantitative estimate of drug-likeness (QED) is 0.288. The molecule has 0 unspecified atom stereocenters. The topological polar surface area (TPSA) is 83.7 Å². The van der Waals surface area contributed by atoms with Crippen LogP contribution < -0.4 is 10.6 Å². The summed E-state index contributed by atoms with van der Waals surface area (Å²) in [5.41, 5.74) is 2.93. The summed E-state index contributed by atoms with van der Waals surface area (Å²) in [5, 5.41) is 7.62. The van der Waals surface area contributed by atoms with Crippen molar-refractivity contribution >= 4 is 50.7 Å².